The Labute approximate surface area is 77.5 Å². The van der Waals surface area contributed by atoms with Crippen LogP contribution in [0.3, 0.4) is 0 Å². The van der Waals surface area contributed by atoms with E-state index in [9.17, 15) is 4.79 Å². The molecule has 0 fully saturated rings. The van der Waals surface area contributed by atoms with Crippen molar-refractivity contribution in [1.29, 1.82) is 0 Å². The molecule has 0 amide bonds. The van der Waals surface area contributed by atoms with E-state index in [2.05, 4.69) is 5.10 Å². The molecule has 1 aromatic heterocycles. The van der Waals surface area contributed by atoms with Gasteiger partial charge in [0.25, 0.3) is 5.56 Å². The minimum absolute atomic E-state index is 0.00330. The predicted molar refractivity (Wildman–Crippen MR) is 44.5 cm³/mol. The molecule has 0 spiro atoms. The van der Waals surface area contributed by atoms with Crippen LogP contribution in [-0.2, 0) is 7.05 Å². The van der Waals surface area contributed by atoms with Gasteiger partial charge in [-0.25, -0.2) is 4.68 Å². The van der Waals surface area contributed by atoms with Gasteiger partial charge in [0.05, 0.1) is 0 Å². The number of hydrogen-bond donors (Lipinski definition) is 0. The summed E-state index contributed by atoms with van der Waals surface area (Å²) >= 11 is 16.5. The Kier molecular flexibility index (Phi) is 2.42. The van der Waals surface area contributed by atoms with Gasteiger partial charge in [0.2, 0.25) is 0 Å². The monoisotopic (exact) mass is 212 g/mol. The standard InChI is InChI=1S/C5H3Cl3N2O/c1-10-5(11)3(7)2(6)4(8)9-10/h1H3. The van der Waals surface area contributed by atoms with E-state index in [-0.39, 0.29) is 15.2 Å². The van der Waals surface area contributed by atoms with Crippen molar-refractivity contribution < 1.29 is 0 Å². The third kappa shape index (κ3) is 1.50. The second kappa shape index (κ2) is 3.01. The molecule has 0 aliphatic heterocycles. The van der Waals surface area contributed by atoms with Crippen molar-refractivity contribution in [1.82, 2.24) is 9.78 Å². The maximum absolute atomic E-state index is 11.0. The summed E-state index contributed by atoms with van der Waals surface area (Å²) < 4.78 is 1.02. The number of aromatic nitrogens is 2. The van der Waals surface area contributed by atoms with E-state index in [0.29, 0.717) is 0 Å². The molecule has 1 rings (SSSR count). The first-order valence-electron chi connectivity index (χ1n) is 2.62. The average molecular weight is 213 g/mol. The van der Waals surface area contributed by atoms with E-state index >= 15 is 0 Å². The summed E-state index contributed by atoms with van der Waals surface area (Å²) in [5, 5.41) is 3.51. The van der Waals surface area contributed by atoms with Crippen molar-refractivity contribution in [2.45, 2.75) is 0 Å². The molecule has 60 valence electrons. The molecule has 3 nitrogen and oxygen atoms in total. The maximum Gasteiger partial charge on any atom is 0.286 e. The summed E-state index contributed by atoms with van der Waals surface area (Å²) in [7, 11) is 1.44. The van der Waals surface area contributed by atoms with Crippen LogP contribution in [0.2, 0.25) is 15.2 Å². The summed E-state index contributed by atoms with van der Waals surface area (Å²) in [6.45, 7) is 0. The predicted octanol–water partition coefficient (Wildman–Crippen LogP) is 1.74. The van der Waals surface area contributed by atoms with Crippen LogP contribution in [0.4, 0.5) is 0 Å². The summed E-state index contributed by atoms with van der Waals surface area (Å²) in [5.74, 6) is 0. The topological polar surface area (TPSA) is 34.9 Å². The summed E-state index contributed by atoms with van der Waals surface area (Å²) in [6.07, 6.45) is 0. The first-order chi connectivity index (χ1) is 5.04. The molecule has 0 unspecified atom stereocenters. The van der Waals surface area contributed by atoms with Crippen molar-refractivity contribution in [3.8, 4) is 0 Å². The molecule has 6 heteroatoms. The lowest BCUT2D eigenvalue weighted by atomic mass is 10.5. The summed E-state index contributed by atoms with van der Waals surface area (Å²) in [6, 6.07) is 0. The normalized spacial score (nSPS) is 10.2. The Hall–Kier alpha value is -0.250. The van der Waals surface area contributed by atoms with E-state index in [1.807, 2.05) is 0 Å². The number of aryl methyl sites for hydroxylation is 1. The fraction of sp³-hybridized carbons (Fsp3) is 0.200. The lowest BCUT2D eigenvalue weighted by Crippen LogP contribution is -2.20. The van der Waals surface area contributed by atoms with Crippen LogP contribution >= 0.6 is 34.8 Å². The molecule has 0 atom stereocenters. The van der Waals surface area contributed by atoms with Gasteiger partial charge >= 0.3 is 0 Å². The first kappa shape index (κ1) is 8.84. The highest BCUT2D eigenvalue weighted by Crippen LogP contribution is 2.23. The fourth-order valence-corrected chi connectivity index (χ4v) is 1.13. The SMILES string of the molecule is Cn1nc(Cl)c(Cl)c(Cl)c1=O. The van der Waals surface area contributed by atoms with Gasteiger partial charge in [-0.1, -0.05) is 34.8 Å². The molecule has 0 bridgehead atoms. The molecule has 0 aliphatic carbocycles. The highest BCUT2D eigenvalue weighted by Gasteiger charge is 2.09. The first-order valence-corrected chi connectivity index (χ1v) is 3.75. The molecule has 0 radical (unpaired) electrons. The molecule has 1 heterocycles. The largest absolute Gasteiger partial charge is 0.286 e. The molecular formula is C5H3Cl3N2O. The zero-order valence-electron chi connectivity index (χ0n) is 5.44. The number of nitrogens with zero attached hydrogens (tertiary/aromatic N) is 2. The van der Waals surface area contributed by atoms with Crippen molar-refractivity contribution >= 4 is 34.8 Å². The quantitative estimate of drug-likeness (QED) is 0.658. The van der Waals surface area contributed by atoms with Crippen LogP contribution in [0.1, 0.15) is 0 Å². The summed E-state index contributed by atoms with van der Waals surface area (Å²) in [4.78, 5) is 11.0. The number of rotatable bonds is 0. The van der Waals surface area contributed by atoms with Crippen LogP contribution in [0.5, 0.6) is 0 Å². The minimum Gasteiger partial charge on any atom is -0.266 e. The molecule has 0 aromatic carbocycles. The minimum atomic E-state index is -0.457. The molecule has 0 N–H and O–H groups in total. The highest BCUT2D eigenvalue weighted by atomic mass is 35.5. The van der Waals surface area contributed by atoms with Gasteiger partial charge < -0.3 is 0 Å². The van der Waals surface area contributed by atoms with Gasteiger partial charge in [-0.3, -0.25) is 4.79 Å². The highest BCUT2D eigenvalue weighted by molar-refractivity contribution is 6.47. The van der Waals surface area contributed by atoms with E-state index in [4.69, 9.17) is 34.8 Å². The van der Waals surface area contributed by atoms with Crippen molar-refractivity contribution in [2.75, 3.05) is 0 Å². The number of hydrogen-bond acceptors (Lipinski definition) is 2. The van der Waals surface area contributed by atoms with E-state index < -0.39 is 5.56 Å². The lowest BCUT2D eigenvalue weighted by Gasteiger charge is -1.99. The Bertz CT molecular complexity index is 346. The Balaban J connectivity index is 3.59. The van der Waals surface area contributed by atoms with Gasteiger partial charge in [0, 0.05) is 7.05 Å². The van der Waals surface area contributed by atoms with E-state index in [1.165, 1.54) is 7.05 Å². The second-order valence-corrected chi connectivity index (χ2v) is 2.96. The third-order valence-corrected chi connectivity index (χ3v) is 2.27. The van der Waals surface area contributed by atoms with Crippen molar-refractivity contribution in [2.24, 2.45) is 7.05 Å². The van der Waals surface area contributed by atoms with Gasteiger partial charge in [0.1, 0.15) is 10.0 Å². The van der Waals surface area contributed by atoms with Gasteiger partial charge in [-0.05, 0) is 0 Å². The summed E-state index contributed by atoms with van der Waals surface area (Å²) in [5.41, 5.74) is -0.457. The molecule has 11 heavy (non-hydrogen) atoms. The Morgan fingerprint density at radius 3 is 2.36 bits per heavy atom. The van der Waals surface area contributed by atoms with Crippen molar-refractivity contribution in [3.63, 3.8) is 0 Å². The van der Waals surface area contributed by atoms with Crippen LogP contribution in [0.25, 0.3) is 0 Å². The van der Waals surface area contributed by atoms with Gasteiger partial charge in [0.15, 0.2) is 5.15 Å². The second-order valence-electron chi connectivity index (χ2n) is 1.85. The van der Waals surface area contributed by atoms with E-state index in [1.54, 1.807) is 0 Å². The van der Waals surface area contributed by atoms with Gasteiger partial charge in [-0.15, -0.1) is 0 Å². The van der Waals surface area contributed by atoms with Crippen LogP contribution in [-0.4, -0.2) is 9.78 Å². The zero-order valence-corrected chi connectivity index (χ0v) is 7.70. The van der Waals surface area contributed by atoms with E-state index in [0.717, 1.165) is 4.68 Å². The smallest absolute Gasteiger partial charge is 0.266 e. The molecule has 1 aromatic rings. The molecular weight excluding hydrogens is 210 g/mol. The zero-order chi connectivity index (χ0) is 8.59. The lowest BCUT2D eigenvalue weighted by molar-refractivity contribution is 0.708. The average Bonchev–Trinajstić information content (AvgIpc) is 1.97. The van der Waals surface area contributed by atoms with Crippen LogP contribution in [0, 0.1) is 0 Å². The fourth-order valence-electron chi connectivity index (χ4n) is 0.548. The van der Waals surface area contributed by atoms with Crippen LogP contribution in [0.15, 0.2) is 4.79 Å². The Morgan fingerprint density at radius 1 is 1.27 bits per heavy atom. The molecule has 0 aliphatic rings. The van der Waals surface area contributed by atoms with Crippen LogP contribution < -0.4 is 5.56 Å². The van der Waals surface area contributed by atoms with Gasteiger partial charge in [-0.2, -0.15) is 5.10 Å². The maximum atomic E-state index is 11.0. The number of halogens is 3. The van der Waals surface area contributed by atoms with Crippen molar-refractivity contribution in [3.05, 3.63) is 25.6 Å². The molecule has 0 saturated heterocycles. The molecule has 0 saturated carbocycles. The Morgan fingerprint density at radius 2 is 1.82 bits per heavy atom. The third-order valence-electron chi connectivity index (χ3n) is 1.09.